The van der Waals surface area contributed by atoms with Crippen molar-refractivity contribution >= 4 is 128 Å². The molecule has 5 aromatic heterocycles. The summed E-state index contributed by atoms with van der Waals surface area (Å²) < 4.78 is 13.8. The number of hydrogen-bond acceptors (Lipinski definition) is 5. The van der Waals surface area contributed by atoms with Crippen molar-refractivity contribution in [1.29, 1.82) is 0 Å². The average Bonchev–Trinajstić information content (AvgIpc) is 3.99. The lowest BCUT2D eigenvalue weighted by molar-refractivity contribution is 0.670. The molecule has 0 atom stereocenters. The highest BCUT2D eigenvalue weighted by Gasteiger charge is 2.26. The Kier molecular flexibility index (Phi) is 5.63. The van der Waals surface area contributed by atoms with Gasteiger partial charge >= 0.3 is 0 Å². The van der Waals surface area contributed by atoms with Gasteiger partial charge in [-0.05, 0) is 40.4 Å². The number of para-hydroxylation sites is 2. The van der Waals surface area contributed by atoms with Gasteiger partial charge in [0.1, 0.15) is 11.2 Å². The lowest BCUT2D eigenvalue weighted by Crippen LogP contribution is -2.03. The molecule has 250 valence electrons. The van der Waals surface area contributed by atoms with Crippen LogP contribution in [-0.2, 0) is 0 Å². The topological polar surface area (TPSA) is 43.9 Å². The molecule has 6 heteroatoms. The summed E-state index contributed by atoms with van der Waals surface area (Å²) in [6.45, 7) is 0. The normalized spacial score (nSPS) is 12.4. The molecule has 13 rings (SSSR count). The molecule has 0 saturated heterocycles. The predicted octanol–water partition coefficient (Wildman–Crippen LogP) is 14.2. The van der Waals surface area contributed by atoms with E-state index in [0.29, 0.717) is 5.95 Å². The minimum absolute atomic E-state index is 0.652. The van der Waals surface area contributed by atoms with Crippen molar-refractivity contribution in [1.82, 2.24) is 14.5 Å². The van der Waals surface area contributed by atoms with Crippen LogP contribution in [0.1, 0.15) is 0 Å². The van der Waals surface area contributed by atoms with Crippen molar-refractivity contribution in [3.63, 3.8) is 0 Å². The molecule has 0 spiro atoms. The van der Waals surface area contributed by atoms with E-state index in [4.69, 9.17) is 14.4 Å². The Bertz CT molecular complexity index is 3750. The molecule has 8 aromatic carbocycles. The zero-order valence-corrected chi connectivity index (χ0v) is 30.1. The molecule has 0 fully saturated rings. The Hall–Kier alpha value is -6.60. The molecule has 5 heterocycles. The van der Waals surface area contributed by atoms with Gasteiger partial charge < -0.3 is 4.42 Å². The molecule has 0 aliphatic heterocycles. The molecule has 54 heavy (non-hydrogen) atoms. The van der Waals surface area contributed by atoms with Crippen molar-refractivity contribution in [2.45, 2.75) is 0 Å². The Morgan fingerprint density at radius 2 is 1.09 bits per heavy atom. The number of furan rings is 1. The van der Waals surface area contributed by atoms with Crippen molar-refractivity contribution in [3.8, 4) is 17.2 Å². The molecule has 4 nitrogen and oxygen atoms in total. The highest BCUT2D eigenvalue weighted by molar-refractivity contribution is 7.27. The summed E-state index contributed by atoms with van der Waals surface area (Å²) in [7, 11) is 0. The molecule has 0 bridgehead atoms. The molecule has 0 amide bonds. The van der Waals surface area contributed by atoms with E-state index in [0.717, 1.165) is 59.8 Å². The van der Waals surface area contributed by atoms with Crippen LogP contribution in [0.25, 0.3) is 123 Å². The summed E-state index contributed by atoms with van der Waals surface area (Å²) >= 11 is 3.61. The van der Waals surface area contributed by atoms with Crippen molar-refractivity contribution in [3.05, 3.63) is 152 Å². The Morgan fingerprint density at radius 3 is 1.94 bits per heavy atom. The number of thiophene rings is 2. The van der Waals surface area contributed by atoms with Crippen LogP contribution in [0.5, 0.6) is 0 Å². The van der Waals surface area contributed by atoms with Crippen LogP contribution in [0.3, 0.4) is 0 Å². The second kappa shape index (κ2) is 10.5. The summed E-state index contributed by atoms with van der Waals surface area (Å²) in [5.74, 6) is 0.652. The van der Waals surface area contributed by atoms with Crippen LogP contribution in [-0.4, -0.2) is 14.5 Å². The summed E-state index contributed by atoms with van der Waals surface area (Å²) in [6, 6.07) is 54.3. The van der Waals surface area contributed by atoms with E-state index in [2.05, 4.69) is 144 Å². The van der Waals surface area contributed by atoms with Gasteiger partial charge in [-0.15, -0.1) is 22.7 Å². The van der Waals surface area contributed by atoms with Crippen molar-refractivity contribution in [2.75, 3.05) is 0 Å². The summed E-state index contributed by atoms with van der Waals surface area (Å²) in [5, 5.41) is 13.1. The van der Waals surface area contributed by atoms with Crippen LogP contribution in [0.4, 0.5) is 0 Å². The molecular formula is C48H25N3OS2. The number of nitrogens with zero attached hydrogens (tertiary/aromatic N) is 3. The van der Waals surface area contributed by atoms with E-state index in [-0.39, 0.29) is 0 Å². The fourth-order valence-electron chi connectivity index (χ4n) is 8.93. The quantitative estimate of drug-likeness (QED) is 0.178. The average molecular weight is 724 g/mol. The zero-order valence-electron chi connectivity index (χ0n) is 28.5. The first-order chi connectivity index (χ1) is 26.8. The van der Waals surface area contributed by atoms with E-state index in [1.54, 1.807) is 11.3 Å². The first-order valence-electron chi connectivity index (χ1n) is 18.1. The van der Waals surface area contributed by atoms with Gasteiger partial charge in [-0.25, -0.2) is 9.97 Å². The second-order valence-corrected chi connectivity index (χ2v) is 16.1. The molecule has 0 radical (unpaired) electrons. The Labute approximate surface area is 314 Å². The summed E-state index contributed by atoms with van der Waals surface area (Å²) in [6.07, 6.45) is 0. The fraction of sp³-hybridized carbons (Fsp3) is 0. The highest BCUT2D eigenvalue weighted by Crippen LogP contribution is 2.49. The van der Waals surface area contributed by atoms with E-state index >= 15 is 0 Å². The minimum atomic E-state index is 0.652. The summed E-state index contributed by atoms with van der Waals surface area (Å²) in [5.41, 5.74) is 6.76. The molecule has 0 saturated carbocycles. The van der Waals surface area contributed by atoms with Crippen molar-refractivity contribution in [2.24, 2.45) is 0 Å². The van der Waals surface area contributed by atoms with Crippen molar-refractivity contribution < 1.29 is 4.42 Å². The fourth-order valence-corrected chi connectivity index (χ4v) is 11.3. The molecule has 0 N–H and O–H groups in total. The smallest absolute Gasteiger partial charge is 0.235 e. The maximum atomic E-state index is 6.67. The van der Waals surface area contributed by atoms with Crippen LogP contribution in [0.2, 0.25) is 0 Å². The molecule has 0 aliphatic rings. The lowest BCUT2D eigenvalue weighted by atomic mass is 9.98. The van der Waals surface area contributed by atoms with Gasteiger partial charge in [0.15, 0.2) is 0 Å². The van der Waals surface area contributed by atoms with Gasteiger partial charge in [-0.2, -0.15) is 0 Å². The third kappa shape index (κ3) is 3.71. The molecule has 0 aliphatic carbocycles. The number of benzene rings is 8. The van der Waals surface area contributed by atoms with Crippen LogP contribution >= 0.6 is 22.7 Å². The summed E-state index contributed by atoms with van der Waals surface area (Å²) in [4.78, 5) is 11.3. The van der Waals surface area contributed by atoms with E-state index < -0.39 is 0 Å². The van der Waals surface area contributed by atoms with Crippen LogP contribution in [0.15, 0.2) is 156 Å². The van der Waals surface area contributed by atoms with Gasteiger partial charge in [-0.3, -0.25) is 4.57 Å². The largest absolute Gasteiger partial charge is 0.455 e. The molecule has 0 unspecified atom stereocenters. The predicted molar refractivity (Wildman–Crippen MR) is 230 cm³/mol. The highest BCUT2D eigenvalue weighted by atomic mass is 32.1. The number of rotatable bonds is 2. The lowest BCUT2D eigenvalue weighted by Gasteiger charge is -2.12. The zero-order chi connectivity index (χ0) is 35.1. The third-order valence-electron chi connectivity index (χ3n) is 11.2. The van der Waals surface area contributed by atoms with E-state index in [1.807, 2.05) is 23.5 Å². The van der Waals surface area contributed by atoms with E-state index in [1.165, 1.54) is 57.2 Å². The van der Waals surface area contributed by atoms with Gasteiger partial charge in [0.2, 0.25) is 5.95 Å². The number of fused-ring (bicyclic) bond motifs is 18. The van der Waals surface area contributed by atoms with Gasteiger partial charge in [0.05, 0.1) is 31.6 Å². The van der Waals surface area contributed by atoms with Gasteiger partial charge in [0.25, 0.3) is 0 Å². The minimum Gasteiger partial charge on any atom is -0.455 e. The molecular weight excluding hydrogens is 699 g/mol. The first-order valence-corrected chi connectivity index (χ1v) is 19.7. The maximum absolute atomic E-state index is 6.67. The standard InChI is InChI=1S/C48H25N3OS2/c1-2-13-27-26(12-1)24-25-34-39-29-15-3-4-16-30(29)40-32-17-6-9-22-37(32)53-46(40)44(39)51(43(27)34)48-49-41-33-18-7-10-23-38(33)54-47(41)42(50-48)35-20-11-19-31-28-14-5-8-21-36(28)52-45(31)35/h1-25H. The first kappa shape index (κ1) is 28.9. The van der Waals surface area contributed by atoms with Gasteiger partial charge in [0, 0.05) is 58.1 Å². The number of hydrogen-bond donors (Lipinski definition) is 0. The Balaban J connectivity index is 1.28. The SMILES string of the molecule is c1ccc2c(c1)ccc1c3c4ccccc4c4c5ccccc5sc4c3n(-c3nc(-c4cccc5c4oc4ccccc45)c4sc5ccccc5c4n3)c21. The van der Waals surface area contributed by atoms with Crippen LogP contribution in [0, 0.1) is 0 Å². The van der Waals surface area contributed by atoms with Gasteiger partial charge in [-0.1, -0.05) is 127 Å². The van der Waals surface area contributed by atoms with E-state index in [9.17, 15) is 0 Å². The third-order valence-corrected chi connectivity index (χ3v) is 13.5. The van der Waals surface area contributed by atoms with Crippen LogP contribution < -0.4 is 0 Å². The monoisotopic (exact) mass is 723 g/mol. The number of aromatic nitrogens is 3. The maximum Gasteiger partial charge on any atom is 0.235 e. The molecule has 13 aromatic rings. The second-order valence-electron chi connectivity index (χ2n) is 14.0. The Morgan fingerprint density at radius 1 is 0.444 bits per heavy atom.